The second-order valence-electron chi connectivity index (χ2n) is 3.98. The summed E-state index contributed by atoms with van der Waals surface area (Å²) in [6, 6.07) is 6.39. The van der Waals surface area contributed by atoms with Gasteiger partial charge in [0.25, 0.3) is 11.7 Å². The number of benzene rings is 1. The Labute approximate surface area is 104 Å². The number of amides is 1. The van der Waals surface area contributed by atoms with E-state index >= 15 is 0 Å². The first-order valence-electron chi connectivity index (χ1n) is 5.32. The van der Waals surface area contributed by atoms with E-state index in [0.29, 0.717) is 34.7 Å². The molecule has 1 amide bonds. The van der Waals surface area contributed by atoms with Crippen LogP contribution in [0, 0.1) is 5.92 Å². The molecule has 1 aromatic rings. The van der Waals surface area contributed by atoms with Gasteiger partial charge in [0.2, 0.25) is 0 Å². The van der Waals surface area contributed by atoms with Crippen molar-refractivity contribution in [1.29, 1.82) is 0 Å². The fraction of sp³-hybridized carbons (Fsp3) is 0.417. The zero-order valence-corrected chi connectivity index (χ0v) is 10.6. The fourth-order valence-corrected chi connectivity index (χ4v) is 1.88. The van der Waals surface area contributed by atoms with Gasteiger partial charge in [-0.15, -0.1) is 0 Å². The van der Waals surface area contributed by atoms with Gasteiger partial charge in [-0.1, -0.05) is 37.7 Å². The summed E-state index contributed by atoms with van der Waals surface area (Å²) in [7, 11) is 0. The van der Waals surface area contributed by atoms with Gasteiger partial charge >= 0.3 is 0 Å². The quantitative estimate of drug-likeness (QED) is 0.821. The molecular weight excluding hydrogens is 244 g/mol. The molecule has 0 fully saturated rings. The zero-order chi connectivity index (χ0) is 12.8. The van der Waals surface area contributed by atoms with Gasteiger partial charge in [0.15, 0.2) is 0 Å². The topological polar surface area (TPSA) is 29.1 Å². The summed E-state index contributed by atoms with van der Waals surface area (Å²) in [5.41, 5.74) is 0.304. The van der Waals surface area contributed by atoms with Crippen molar-refractivity contribution in [2.75, 3.05) is 6.54 Å². The largest absolute Gasteiger partial charge is 0.352 e. The van der Waals surface area contributed by atoms with Gasteiger partial charge in [-0.3, -0.25) is 4.79 Å². The van der Waals surface area contributed by atoms with Crippen LogP contribution in [0.1, 0.15) is 24.2 Å². The van der Waals surface area contributed by atoms with Gasteiger partial charge in [-0.05, 0) is 18.1 Å². The molecule has 5 heteroatoms. The Bertz CT molecular complexity index is 383. The first-order chi connectivity index (χ1) is 8.00. The van der Waals surface area contributed by atoms with E-state index in [4.69, 9.17) is 0 Å². The highest BCUT2D eigenvalue weighted by Crippen LogP contribution is 2.28. The summed E-state index contributed by atoms with van der Waals surface area (Å²) < 4.78 is 24.6. The third-order valence-electron chi connectivity index (χ3n) is 2.02. The normalized spacial score (nSPS) is 10.9. The molecular formula is C12H15F2NOS. The van der Waals surface area contributed by atoms with Gasteiger partial charge in [-0.25, -0.2) is 0 Å². The third kappa shape index (κ3) is 4.73. The molecule has 94 valence electrons. The summed E-state index contributed by atoms with van der Waals surface area (Å²) in [4.78, 5) is 12.1. The molecule has 0 aliphatic rings. The smallest absolute Gasteiger partial charge is 0.288 e. The number of halogens is 2. The number of nitrogens with one attached hydrogen (secondary N) is 1. The highest BCUT2D eigenvalue weighted by molar-refractivity contribution is 7.99. The molecule has 0 aromatic heterocycles. The van der Waals surface area contributed by atoms with Crippen LogP contribution in [0.25, 0.3) is 0 Å². The molecule has 0 atom stereocenters. The first kappa shape index (κ1) is 14.0. The lowest BCUT2D eigenvalue weighted by atomic mass is 10.2. The Morgan fingerprint density at radius 2 is 2.00 bits per heavy atom. The standard InChI is InChI=1S/C12H15F2NOS/c1-8(2)7-15-11(16)9-5-3-4-6-10(9)17-12(13)14/h3-6,8,12H,7H2,1-2H3,(H,15,16). The van der Waals surface area contributed by atoms with Crippen LogP contribution in [0.5, 0.6) is 0 Å². The number of thioether (sulfide) groups is 1. The van der Waals surface area contributed by atoms with Crippen molar-refractivity contribution in [3.63, 3.8) is 0 Å². The molecule has 1 aromatic carbocycles. The minimum atomic E-state index is -2.52. The van der Waals surface area contributed by atoms with E-state index in [0.717, 1.165) is 0 Å². The number of hydrogen-bond acceptors (Lipinski definition) is 2. The monoisotopic (exact) mass is 259 g/mol. The molecule has 0 aliphatic heterocycles. The lowest BCUT2D eigenvalue weighted by Gasteiger charge is -2.10. The summed E-state index contributed by atoms with van der Waals surface area (Å²) in [5, 5.41) is 2.71. The zero-order valence-electron chi connectivity index (χ0n) is 9.74. The van der Waals surface area contributed by atoms with Crippen molar-refractivity contribution in [3.8, 4) is 0 Å². The lowest BCUT2D eigenvalue weighted by molar-refractivity contribution is 0.0946. The second-order valence-corrected chi connectivity index (χ2v) is 5.01. The molecule has 0 heterocycles. The van der Waals surface area contributed by atoms with Crippen molar-refractivity contribution in [2.24, 2.45) is 5.92 Å². The Hall–Kier alpha value is -1.10. The molecule has 0 bridgehead atoms. The molecule has 0 radical (unpaired) electrons. The maximum Gasteiger partial charge on any atom is 0.288 e. The van der Waals surface area contributed by atoms with E-state index < -0.39 is 5.76 Å². The molecule has 0 aliphatic carbocycles. The minimum Gasteiger partial charge on any atom is -0.352 e. The maximum atomic E-state index is 12.3. The summed E-state index contributed by atoms with van der Waals surface area (Å²) in [6.07, 6.45) is 0. The van der Waals surface area contributed by atoms with Gasteiger partial charge in [-0.2, -0.15) is 8.78 Å². The van der Waals surface area contributed by atoms with E-state index in [-0.39, 0.29) is 5.91 Å². The molecule has 0 unspecified atom stereocenters. The van der Waals surface area contributed by atoms with Crippen LogP contribution >= 0.6 is 11.8 Å². The molecule has 17 heavy (non-hydrogen) atoms. The summed E-state index contributed by atoms with van der Waals surface area (Å²) in [5.74, 6) is -2.50. The second kappa shape index (κ2) is 6.59. The average molecular weight is 259 g/mol. The van der Waals surface area contributed by atoms with E-state index in [1.807, 2.05) is 13.8 Å². The molecule has 0 saturated heterocycles. The predicted molar refractivity (Wildman–Crippen MR) is 65.5 cm³/mol. The molecule has 2 nitrogen and oxygen atoms in total. The Balaban J connectivity index is 2.78. The van der Waals surface area contributed by atoms with Gasteiger partial charge < -0.3 is 5.32 Å². The minimum absolute atomic E-state index is 0.303. The van der Waals surface area contributed by atoms with Crippen molar-refractivity contribution in [1.82, 2.24) is 5.32 Å². The summed E-state index contributed by atoms with van der Waals surface area (Å²) >= 11 is 0.393. The van der Waals surface area contributed by atoms with Crippen LogP contribution in [0.3, 0.4) is 0 Å². The van der Waals surface area contributed by atoms with E-state index in [1.54, 1.807) is 18.2 Å². The van der Waals surface area contributed by atoms with Crippen LogP contribution in [0.4, 0.5) is 8.78 Å². The SMILES string of the molecule is CC(C)CNC(=O)c1ccccc1SC(F)F. The Morgan fingerprint density at radius 3 is 2.59 bits per heavy atom. The van der Waals surface area contributed by atoms with E-state index in [2.05, 4.69) is 5.32 Å². The predicted octanol–water partition coefficient (Wildman–Crippen LogP) is 3.39. The Morgan fingerprint density at radius 1 is 1.35 bits per heavy atom. The number of rotatable bonds is 5. The first-order valence-corrected chi connectivity index (χ1v) is 6.20. The fourth-order valence-electron chi connectivity index (χ4n) is 1.25. The van der Waals surface area contributed by atoms with Crippen LogP contribution in [-0.4, -0.2) is 18.2 Å². The highest BCUT2D eigenvalue weighted by Gasteiger charge is 2.14. The Kier molecular flexibility index (Phi) is 5.41. The number of hydrogen-bond donors (Lipinski definition) is 1. The summed E-state index contributed by atoms with van der Waals surface area (Å²) in [6.45, 7) is 4.48. The third-order valence-corrected chi connectivity index (χ3v) is 2.81. The lowest BCUT2D eigenvalue weighted by Crippen LogP contribution is -2.27. The van der Waals surface area contributed by atoms with E-state index in [9.17, 15) is 13.6 Å². The van der Waals surface area contributed by atoms with Gasteiger partial charge in [0.1, 0.15) is 0 Å². The van der Waals surface area contributed by atoms with E-state index in [1.165, 1.54) is 6.07 Å². The van der Waals surface area contributed by atoms with Crippen LogP contribution in [-0.2, 0) is 0 Å². The molecule has 0 spiro atoms. The van der Waals surface area contributed by atoms with Crippen LogP contribution < -0.4 is 5.32 Å². The molecule has 1 rings (SSSR count). The van der Waals surface area contributed by atoms with Crippen molar-refractivity contribution in [3.05, 3.63) is 29.8 Å². The number of carbonyl (C=O) groups is 1. The number of alkyl halides is 2. The molecule has 1 N–H and O–H groups in total. The van der Waals surface area contributed by atoms with Crippen LogP contribution in [0.2, 0.25) is 0 Å². The van der Waals surface area contributed by atoms with Crippen molar-refractivity contribution in [2.45, 2.75) is 24.5 Å². The van der Waals surface area contributed by atoms with Gasteiger partial charge in [0, 0.05) is 11.4 Å². The van der Waals surface area contributed by atoms with Gasteiger partial charge in [0.05, 0.1) is 5.56 Å². The number of carbonyl (C=O) groups excluding carboxylic acids is 1. The van der Waals surface area contributed by atoms with Crippen molar-refractivity contribution >= 4 is 17.7 Å². The van der Waals surface area contributed by atoms with Crippen LogP contribution in [0.15, 0.2) is 29.2 Å². The molecule has 0 saturated carbocycles. The van der Waals surface area contributed by atoms with Crippen molar-refractivity contribution < 1.29 is 13.6 Å². The maximum absolute atomic E-state index is 12.3. The highest BCUT2D eigenvalue weighted by atomic mass is 32.2. The average Bonchev–Trinajstić information content (AvgIpc) is 2.25.